The van der Waals surface area contributed by atoms with Crippen LogP contribution in [0.5, 0.6) is 0 Å². The number of nitrogens with one attached hydrogen (secondary N) is 1. The van der Waals surface area contributed by atoms with Crippen molar-refractivity contribution in [2.24, 2.45) is 4.99 Å². The number of benzene rings is 2. The molecule has 5 heteroatoms. The summed E-state index contributed by atoms with van der Waals surface area (Å²) in [4.78, 5) is 17.6. The van der Waals surface area contributed by atoms with E-state index in [1.54, 1.807) is 18.4 Å². The lowest BCUT2D eigenvalue weighted by molar-refractivity contribution is -0.112. The summed E-state index contributed by atoms with van der Waals surface area (Å²) in [6.45, 7) is 0. The molecule has 1 aromatic heterocycles. The number of aliphatic hydroxyl groups excluding tert-OH is 1. The van der Waals surface area contributed by atoms with E-state index in [0.717, 1.165) is 11.4 Å². The number of rotatable bonds is 4. The molecule has 3 aromatic rings. The zero-order valence-corrected chi connectivity index (χ0v) is 15.2. The van der Waals surface area contributed by atoms with Crippen LogP contribution in [0.2, 0.25) is 0 Å². The van der Waals surface area contributed by atoms with E-state index >= 15 is 0 Å². The van der Waals surface area contributed by atoms with Gasteiger partial charge in [-0.05, 0) is 36.4 Å². The van der Waals surface area contributed by atoms with Crippen molar-refractivity contribution in [3.8, 4) is 0 Å². The van der Waals surface area contributed by atoms with Crippen LogP contribution in [0.3, 0.4) is 0 Å². The molecule has 1 heterocycles. The first-order valence-electron chi connectivity index (χ1n) is 9.15. The van der Waals surface area contributed by atoms with Crippen molar-refractivity contribution >= 4 is 23.0 Å². The molecule has 0 radical (unpaired) electrons. The van der Waals surface area contributed by atoms with Crippen molar-refractivity contribution in [1.29, 1.82) is 0 Å². The maximum absolute atomic E-state index is 12.9. The predicted octanol–water partition coefficient (Wildman–Crippen LogP) is 5.38. The van der Waals surface area contributed by atoms with Gasteiger partial charge in [0, 0.05) is 24.4 Å². The number of allylic oxidation sites excluding steroid dienone is 1. The standard InChI is InChI=1S/C23H20N2O3/c26-20-15-16(21-12-7-13-28-21)14-19(24-17-8-3-1-4-9-17)22(20)23(27)25-18-10-5-2-6-11-18/h1-13,16,26H,14-15H2,(H,25,27)/t16-/m1/s1. The van der Waals surface area contributed by atoms with Crippen LogP contribution < -0.4 is 5.32 Å². The van der Waals surface area contributed by atoms with Crippen molar-refractivity contribution in [3.05, 3.63) is 96.2 Å². The molecule has 4 rings (SSSR count). The average Bonchev–Trinajstić information content (AvgIpc) is 3.24. The van der Waals surface area contributed by atoms with Crippen LogP contribution in [0.4, 0.5) is 11.4 Å². The Morgan fingerprint density at radius 1 is 0.964 bits per heavy atom. The van der Waals surface area contributed by atoms with Gasteiger partial charge in [0.2, 0.25) is 0 Å². The van der Waals surface area contributed by atoms with E-state index in [1.807, 2.05) is 60.7 Å². The number of furan rings is 1. The van der Waals surface area contributed by atoms with Crippen LogP contribution in [-0.4, -0.2) is 16.7 Å². The number of aliphatic imine (C=N–C) groups is 1. The van der Waals surface area contributed by atoms with E-state index in [0.29, 0.717) is 24.2 Å². The minimum atomic E-state index is -0.365. The minimum Gasteiger partial charge on any atom is -0.511 e. The molecule has 140 valence electrons. The van der Waals surface area contributed by atoms with Gasteiger partial charge in [-0.3, -0.25) is 9.79 Å². The number of hydrogen-bond donors (Lipinski definition) is 2. The highest BCUT2D eigenvalue weighted by Gasteiger charge is 2.32. The van der Waals surface area contributed by atoms with Gasteiger partial charge < -0.3 is 14.8 Å². The molecular formula is C23H20N2O3. The highest BCUT2D eigenvalue weighted by molar-refractivity contribution is 6.26. The van der Waals surface area contributed by atoms with Gasteiger partial charge in [0.25, 0.3) is 5.91 Å². The van der Waals surface area contributed by atoms with Crippen LogP contribution in [0, 0.1) is 0 Å². The quantitative estimate of drug-likeness (QED) is 0.645. The lowest BCUT2D eigenvalue weighted by atomic mass is 9.84. The molecule has 28 heavy (non-hydrogen) atoms. The number of para-hydroxylation sites is 2. The largest absolute Gasteiger partial charge is 0.511 e. The molecule has 0 spiro atoms. The van der Waals surface area contributed by atoms with Crippen LogP contribution >= 0.6 is 0 Å². The second-order valence-corrected chi connectivity index (χ2v) is 6.66. The Bertz CT molecular complexity index is 1010. The molecule has 1 aliphatic carbocycles. The molecular weight excluding hydrogens is 352 g/mol. The molecule has 0 aliphatic heterocycles. The summed E-state index contributed by atoms with van der Waals surface area (Å²) in [7, 11) is 0. The molecule has 1 aliphatic rings. The first kappa shape index (κ1) is 17.8. The Kier molecular flexibility index (Phi) is 5.06. The summed E-state index contributed by atoms with van der Waals surface area (Å²) < 4.78 is 5.52. The van der Waals surface area contributed by atoms with Crippen LogP contribution in [0.1, 0.15) is 24.5 Å². The third kappa shape index (κ3) is 3.88. The minimum absolute atomic E-state index is 0.0239. The fraction of sp³-hybridized carbons (Fsp3) is 0.130. The van der Waals surface area contributed by atoms with Crippen molar-refractivity contribution in [2.75, 3.05) is 5.32 Å². The number of aliphatic hydroxyl groups is 1. The van der Waals surface area contributed by atoms with Gasteiger partial charge in [0.1, 0.15) is 11.5 Å². The molecule has 2 aromatic carbocycles. The highest BCUT2D eigenvalue weighted by Crippen LogP contribution is 2.35. The highest BCUT2D eigenvalue weighted by atomic mass is 16.3. The second kappa shape index (κ2) is 7.96. The number of carbonyl (C=O) groups excluding carboxylic acids is 1. The van der Waals surface area contributed by atoms with E-state index in [2.05, 4.69) is 10.3 Å². The van der Waals surface area contributed by atoms with Crippen molar-refractivity contribution in [2.45, 2.75) is 18.8 Å². The van der Waals surface area contributed by atoms with Crippen molar-refractivity contribution < 1.29 is 14.3 Å². The maximum atomic E-state index is 12.9. The Morgan fingerprint density at radius 2 is 1.68 bits per heavy atom. The van der Waals surface area contributed by atoms with Gasteiger partial charge in [-0.15, -0.1) is 0 Å². The van der Waals surface area contributed by atoms with Crippen molar-refractivity contribution in [1.82, 2.24) is 0 Å². The van der Waals surface area contributed by atoms with Crippen molar-refractivity contribution in [3.63, 3.8) is 0 Å². The number of anilines is 1. The van der Waals surface area contributed by atoms with Crippen LogP contribution in [0.15, 0.2) is 99.8 Å². The average molecular weight is 372 g/mol. The summed E-state index contributed by atoms with van der Waals surface area (Å²) in [5, 5.41) is 13.6. The third-order valence-electron chi connectivity index (χ3n) is 4.68. The summed E-state index contributed by atoms with van der Waals surface area (Å²) in [6.07, 6.45) is 2.45. The van der Waals surface area contributed by atoms with Gasteiger partial charge in [0.15, 0.2) is 0 Å². The molecule has 1 atom stereocenters. The van der Waals surface area contributed by atoms with Gasteiger partial charge in [-0.1, -0.05) is 36.4 Å². The fourth-order valence-electron chi connectivity index (χ4n) is 3.37. The van der Waals surface area contributed by atoms with E-state index in [1.165, 1.54) is 0 Å². The van der Waals surface area contributed by atoms with E-state index in [4.69, 9.17) is 4.42 Å². The smallest absolute Gasteiger partial charge is 0.260 e. The molecule has 0 bridgehead atoms. The number of amides is 1. The number of carbonyl (C=O) groups is 1. The van der Waals surface area contributed by atoms with Gasteiger partial charge in [0.05, 0.1) is 23.2 Å². The summed E-state index contributed by atoms with van der Waals surface area (Å²) >= 11 is 0. The van der Waals surface area contributed by atoms with Crippen LogP contribution in [-0.2, 0) is 4.79 Å². The van der Waals surface area contributed by atoms with Gasteiger partial charge in [-0.25, -0.2) is 0 Å². The maximum Gasteiger partial charge on any atom is 0.260 e. The van der Waals surface area contributed by atoms with Gasteiger partial charge >= 0.3 is 0 Å². The SMILES string of the molecule is O=C(Nc1ccccc1)C1=C(O)C[C@H](c2ccco2)CC1=Nc1ccccc1. The molecule has 0 saturated carbocycles. The molecule has 1 amide bonds. The molecule has 2 N–H and O–H groups in total. The first-order chi connectivity index (χ1) is 13.7. The Balaban J connectivity index is 1.70. The monoisotopic (exact) mass is 372 g/mol. The molecule has 0 fully saturated rings. The summed E-state index contributed by atoms with van der Waals surface area (Å²) in [5.41, 5.74) is 2.18. The Hall–Kier alpha value is -3.60. The summed E-state index contributed by atoms with van der Waals surface area (Å²) in [6, 6.07) is 22.3. The van der Waals surface area contributed by atoms with E-state index in [9.17, 15) is 9.90 Å². The van der Waals surface area contributed by atoms with E-state index in [-0.39, 0.29) is 23.2 Å². The normalized spacial score (nSPS) is 18.3. The number of nitrogens with zero attached hydrogens (tertiary/aromatic N) is 1. The molecule has 5 nitrogen and oxygen atoms in total. The topological polar surface area (TPSA) is 74.8 Å². The first-order valence-corrected chi connectivity index (χ1v) is 9.15. The zero-order chi connectivity index (χ0) is 19.3. The molecule has 0 saturated heterocycles. The lowest BCUT2D eigenvalue weighted by Crippen LogP contribution is -2.27. The zero-order valence-electron chi connectivity index (χ0n) is 15.2. The second-order valence-electron chi connectivity index (χ2n) is 6.66. The van der Waals surface area contributed by atoms with Gasteiger partial charge in [-0.2, -0.15) is 0 Å². The molecule has 0 unspecified atom stereocenters. The number of hydrogen-bond acceptors (Lipinski definition) is 4. The Morgan fingerprint density at radius 3 is 2.36 bits per heavy atom. The fourth-order valence-corrected chi connectivity index (χ4v) is 3.37. The predicted molar refractivity (Wildman–Crippen MR) is 109 cm³/mol. The summed E-state index contributed by atoms with van der Waals surface area (Å²) in [5.74, 6) is 0.368. The lowest BCUT2D eigenvalue weighted by Gasteiger charge is -2.24. The van der Waals surface area contributed by atoms with E-state index < -0.39 is 0 Å². The Labute approximate surface area is 163 Å². The van der Waals surface area contributed by atoms with Crippen LogP contribution in [0.25, 0.3) is 0 Å². The third-order valence-corrected chi connectivity index (χ3v) is 4.68.